The molecule has 3 aromatic rings. The molecular weight excluding hydrogens is 372 g/mol. The molecule has 1 atom stereocenters. The van der Waals surface area contributed by atoms with E-state index < -0.39 is 0 Å². The van der Waals surface area contributed by atoms with Gasteiger partial charge in [-0.25, -0.2) is 0 Å². The van der Waals surface area contributed by atoms with Crippen molar-refractivity contribution in [3.05, 3.63) is 53.2 Å². The van der Waals surface area contributed by atoms with E-state index >= 15 is 0 Å². The molecule has 8 heteroatoms. The van der Waals surface area contributed by atoms with Crippen LogP contribution < -0.4 is 0 Å². The third-order valence-electron chi connectivity index (χ3n) is 5.08. The average Bonchev–Trinajstić information content (AvgIpc) is 3.35. The highest BCUT2D eigenvalue weighted by molar-refractivity contribution is 5.96. The van der Waals surface area contributed by atoms with Crippen LogP contribution in [0.2, 0.25) is 0 Å². The van der Waals surface area contributed by atoms with Gasteiger partial charge in [0.2, 0.25) is 0 Å². The van der Waals surface area contributed by atoms with Crippen molar-refractivity contribution in [3.8, 4) is 11.5 Å². The van der Waals surface area contributed by atoms with Crippen LogP contribution in [0.4, 0.5) is 0 Å². The summed E-state index contributed by atoms with van der Waals surface area (Å²) in [5.41, 5.74) is 2.08. The largest absolute Gasteiger partial charge is 0.376 e. The summed E-state index contributed by atoms with van der Waals surface area (Å²) < 4.78 is 16.5. The van der Waals surface area contributed by atoms with Gasteiger partial charge in [0.1, 0.15) is 11.3 Å². The molecule has 1 amide bonds. The van der Waals surface area contributed by atoms with Gasteiger partial charge in [-0.2, -0.15) is 4.98 Å². The highest BCUT2D eigenvalue weighted by atomic mass is 16.5. The zero-order valence-corrected chi connectivity index (χ0v) is 16.6. The van der Waals surface area contributed by atoms with E-state index in [0.717, 1.165) is 18.4 Å². The number of aromatic nitrogens is 3. The van der Waals surface area contributed by atoms with E-state index in [1.165, 1.54) is 0 Å². The first-order chi connectivity index (χ1) is 14.1. The van der Waals surface area contributed by atoms with E-state index in [1.54, 1.807) is 13.8 Å². The van der Waals surface area contributed by atoms with Crippen molar-refractivity contribution in [2.75, 3.05) is 19.7 Å². The average molecular weight is 396 g/mol. The number of amides is 1. The lowest BCUT2D eigenvalue weighted by molar-refractivity contribution is 0.00243. The van der Waals surface area contributed by atoms with Gasteiger partial charge in [0.05, 0.1) is 18.4 Å². The maximum absolute atomic E-state index is 12.8. The molecule has 0 radical (unpaired) electrons. The predicted molar refractivity (Wildman–Crippen MR) is 104 cm³/mol. The molecule has 0 saturated carbocycles. The number of benzene rings is 1. The van der Waals surface area contributed by atoms with Gasteiger partial charge in [-0.15, -0.1) is 0 Å². The molecule has 0 aliphatic carbocycles. The normalized spacial score (nSPS) is 16.9. The summed E-state index contributed by atoms with van der Waals surface area (Å²) in [5.74, 6) is 1.64. The Hall–Kier alpha value is -3.00. The Balaban J connectivity index is 1.29. The van der Waals surface area contributed by atoms with Crippen LogP contribution >= 0.6 is 0 Å². The third-order valence-corrected chi connectivity index (χ3v) is 5.08. The fraction of sp³-hybridized carbons (Fsp3) is 0.429. The molecule has 3 heterocycles. The Morgan fingerprint density at radius 2 is 2.03 bits per heavy atom. The van der Waals surface area contributed by atoms with Crippen LogP contribution in [-0.2, 0) is 11.2 Å². The number of hydrogen-bond donors (Lipinski definition) is 0. The topological polar surface area (TPSA) is 94.5 Å². The fourth-order valence-electron chi connectivity index (χ4n) is 3.58. The molecule has 1 saturated heterocycles. The summed E-state index contributed by atoms with van der Waals surface area (Å²) in [7, 11) is 0. The Bertz CT molecular complexity index is 947. The lowest BCUT2D eigenvalue weighted by Crippen LogP contribution is -2.43. The van der Waals surface area contributed by atoms with Crippen molar-refractivity contribution >= 4 is 5.91 Å². The van der Waals surface area contributed by atoms with Crippen molar-refractivity contribution < 1.29 is 18.6 Å². The number of aryl methyl sites for hydroxylation is 2. The van der Waals surface area contributed by atoms with Crippen LogP contribution in [0, 0.1) is 13.8 Å². The minimum Gasteiger partial charge on any atom is -0.376 e. The number of hydrogen-bond acceptors (Lipinski definition) is 7. The molecule has 1 fully saturated rings. The van der Waals surface area contributed by atoms with Gasteiger partial charge in [-0.3, -0.25) is 4.79 Å². The van der Waals surface area contributed by atoms with E-state index in [2.05, 4.69) is 15.3 Å². The molecular formula is C21H24N4O4. The van der Waals surface area contributed by atoms with E-state index in [9.17, 15) is 4.79 Å². The zero-order chi connectivity index (χ0) is 20.2. The molecule has 4 rings (SSSR count). The minimum absolute atomic E-state index is 0.00586. The molecule has 8 nitrogen and oxygen atoms in total. The van der Waals surface area contributed by atoms with Crippen molar-refractivity contribution in [1.29, 1.82) is 0 Å². The van der Waals surface area contributed by atoms with Gasteiger partial charge >= 0.3 is 0 Å². The second-order valence-corrected chi connectivity index (χ2v) is 7.22. The molecule has 29 heavy (non-hydrogen) atoms. The first-order valence-corrected chi connectivity index (χ1v) is 9.83. The lowest BCUT2D eigenvalue weighted by Gasteiger charge is -2.32. The van der Waals surface area contributed by atoms with Crippen LogP contribution in [-0.4, -0.2) is 51.9 Å². The molecule has 1 aromatic carbocycles. The Kier molecular flexibility index (Phi) is 5.71. The maximum Gasteiger partial charge on any atom is 0.259 e. The zero-order valence-electron chi connectivity index (χ0n) is 16.6. The number of ether oxygens (including phenoxy) is 1. The summed E-state index contributed by atoms with van der Waals surface area (Å²) in [5, 5.41) is 7.91. The second-order valence-electron chi connectivity index (χ2n) is 7.22. The Labute approximate surface area is 168 Å². The maximum atomic E-state index is 12.8. The Morgan fingerprint density at radius 3 is 2.79 bits per heavy atom. The van der Waals surface area contributed by atoms with Gasteiger partial charge in [0.15, 0.2) is 5.82 Å². The van der Waals surface area contributed by atoms with Crippen LogP contribution in [0.25, 0.3) is 11.5 Å². The Morgan fingerprint density at radius 1 is 1.21 bits per heavy atom. The van der Waals surface area contributed by atoms with E-state index in [1.807, 2.05) is 35.2 Å². The molecule has 0 bridgehead atoms. The number of likely N-dealkylation sites (tertiary alicyclic amines) is 1. The quantitative estimate of drug-likeness (QED) is 0.631. The van der Waals surface area contributed by atoms with Gasteiger partial charge in [0.25, 0.3) is 11.8 Å². The number of rotatable bonds is 6. The third kappa shape index (κ3) is 4.37. The molecule has 1 aliphatic rings. The van der Waals surface area contributed by atoms with E-state index in [4.69, 9.17) is 13.8 Å². The summed E-state index contributed by atoms with van der Waals surface area (Å²) >= 11 is 0. The molecule has 152 valence electrons. The first-order valence-electron chi connectivity index (χ1n) is 9.83. The molecule has 1 aliphatic heterocycles. The highest BCUT2D eigenvalue weighted by Crippen LogP contribution is 2.20. The van der Waals surface area contributed by atoms with Crippen molar-refractivity contribution in [3.63, 3.8) is 0 Å². The van der Waals surface area contributed by atoms with Crippen LogP contribution in [0.15, 0.2) is 39.4 Å². The summed E-state index contributed by atoms with van der Waals surface area (Å²) in [6.45, 7) is 5.31. The van der Waals surface area contributed by atoms with Gasteiger partial charge < -0.3 is 18.7 Å². The van der Waals surface area contributed by atoms with E-state index in [-0.39, 0.29) is 12.0 Å². The SMILES string of the molecule is Cc1noc(C)c1C(=O)N1CCCC(OCCc2noc(-c3ccccc3)n2)C1. The fourth-order valence-corrected chi connectivity index (χ4v) is 3.58. The monoisotopic (exact) mass is 396 g/mol. The predicted octanol–water partition coefficient (Wildman–Crippen LogP) is 3.21. The highest BCUT2D eigenvalue weighted by Gasteiger charge is 2.28. The lowest BCUT2D eigenvalue weighted by atomic mass is 10.1. The van der Waals surface area contributed by atoms with Gasteiger partial charge in [0, 0.05) is 25.1 Å². The smallest absolute Gasteiger partial charge is 0.259 e. The van der Waals surface area contributed by atoms with Crippen molar-refractivity contribution in [2.45, 2.75) is 39.2 Å². The number of carbonyl (C=O) groups excluding carboxylic acids is 1. The second kappa shape index (κ2) is 8.57. The first kappa shape index (κ1) is 19.3. The standard InChI is InChI=1S/C21H24N4O4/c1-14-19(15(2)28-23-14)21(26)25-11-6-9-17(13-25)27-12-10-18-22-20(29-24-18)16-7-4-3-5-8-16/h3-5,7-8,17H,6,9-13H2,1-2H3. The number of carbonyl (C=O) groups is 1. The summed E-state index contributed by atoms with van der Waals surface area (Å²) in [6.07, 6.45) is 2.38. The minimum atomic E-state index is -0.0415. The van der Waals surface area contributed by atoms with Gasteiger partial charge in [-0.05, 0) is 38.8 Å². The van der Waals surface area contributed by atoms with Crippen molar-refractivity contribution in [1.82, 2.24) is 20.2 Å². The number of piperidine rings is 1. The van der Waals surface area contributed by atoms with E-state index in [0.29, 0.717) is 54.8 Å². The summed E-state index contributed by atoms with van der Waals surface area (Å²) in [4.78, 5) is 19.1. The molecule has 0 spiro atoms. The van der Waals surface area contributed by atoms with Crippen molar-refractivity contribution in [2.24, 2.45) is 0 Å². The number of nitrogens with zero attached hydrogens (tertiary/aromatic N) is 4. The van der Waals surface area contributed by atoms with Crippen LogP contribution in [0.3, 0.4) is 0 Å². The van der Waals surface area contributed by atoms with Crippen LogP contribution in [0.5, 0.6) is 0 Å². The molecule has 2 aromatic heterocycles. The summed E-state index contributed by atoms with van der Waals surface area (Å²) in [6, 6.07) is 9.67. The van der Waals surface area contributed by atoms with Gasteiger partial charge in [-0.1, -0.05) is 28.5 Å². The molecule has 1 unspecified atom stereocenters. The van der Waals surface area contributed by atoms with Crippen LogP contribution in [0.1, 0.15) is 40.5 Å². The molecule has 0 N–H and O–H groups in total.